The first-order valence-corrected chi connectivity index (χ1v) is 7.55. The Kier molecular flexibility index (Phi) is 5.10. The van der Waals surface area contributed by atoms with E-state index in [0.717, 1.165) is 32.4 Å². The van der Waals surface area contributed by atoms with Gasteiger partial charge in [0.15, 0.2) is 0 Å². The Hall–Kier alpha value is -1.45. The number of halogens is 1. The molecule has 2 rings (SSSR count). The van der Waals surface area contributed by atoms with Gasteiger partial charge in [-0.25, -0.2) is 0 Å². The molecule has 0 aliphatic carbocycles. The molecule has 2 aromatic carbocycles. The van der Waals surface area contributed by atoms with Gasteiger partial charge < -0.3 is 5.11 Å². The van der Waals surface area contributed by atoms with Gasteiger partial charge in [0.2, 0.25) is 0 Å². The van der Waals surface area contributed by atoms with Crippen LogP contribution in [0.5, 0.6) is 0 Å². The van der Waals surface area contributed by atoms with Gasteiger partial charge in [-0.3, -0.25) is 4.79 Å². The van der Waals surface area contributed by atoms with E-state index in [0.29, 0.717) is 0 Å². The predicted molar refractivity (Wildman–Crippen MR) is 82.7 cm³/mol. The summed E-state index contributed by atoms with van der Waals surface area (Å²) < 4.78 is 0. The molecular weight excluding hydrogens is 292 g/mol. The topological polar surface area (TPSA) is 37.3 Å². The van der Waals surface area contributed by atoms with Crippen LogP contribution in [0.1, 0.15) is 18.1 Å². The zero-order valence-electron chi connectivity index (χ0n) is 11.1. The molecule has 1 N–H and O–H groups in total. The molecule has 0 amide bonds. The molecule has 0 saturated heterocycles. The minimum absolute atomic E-state index is 0.0784. The Balaban J connectivity index is 2.20. The highest BCUT2D eigenvalue weighted by molar-refractivity contribution is 7.99. The number of benzene rings is 2. The zero-order valence-corrected chi connectivity index (χ0v) is 12.7. The first-order chi connectivity index (χ1) is 9.58. The summed E-state index contributed by atoms with van der Waals surface area (Å²) in [6, 6.07) is 13.6. The monoisotopic (exact) mass is 306 g/mol. The Morgan fingerprint density at radius 1 is 1.10 bits per heavy atom. The van der Waals surface area contributed by atoms with Gasteiger partial charge in [-0.15, -0.1) is 0 Å². The first kappa shape index (κ1) is 14.9. The Labute approximate surface area is 127 Å². The van der Waals surface area contributed by atoms with Gasteiger partial charge in [0.05, 0.1) is 6.42 Å². The molecule has 0 aliphatic rings. The number of hydrogen-bond donors (Lipinski definition) is 1. The molecule has 4 heteroatoms. The van der Waals surface area contributed by atoms with E-state index in [-0.39, 0.29) is 6.42 Å². The zero-order chi connectivity index (χ0) is 14.5. The van der Waals surface area contributed by atoms with Crippen LogP contribution in [-0.2, 0) is 17.6 Å². The number of aliphatic carboxylic acids is 1. The Morgan fingerprint density at radius 3 is 2.35 bits per heavy atom. The molecule has 2 aromatic rings. The number of aryl methyl sites for hydroxylation is 1. The van der Waals surface area contributed by atoms with E-state index >= 15 is 0 Å². The van der Waals surface area contributed by atoms with Gasteiger partial charge in [0, 0.05) is 14.8 Å². The van der Waals surface area contributed by atoms with E-state index in [4.69, 9.17) is 16.7 Å². The summed E-state index contributed by atoms with van der Waals surface area (Å²) in [4.78, 5) is 13.0. The summed E-state index contributed by atoms with van der Waals surface area (Å²) in [6.45, 7) is 2.04. The van der Waals surface area contributed by atoms with Crippen LogP contribution in [0.2, 0.25) is 5.02 Å². The maximum absolute atomic E-state index is 10.8. The average Bonchev–Trinajstić information content (AvgIpc) is 2.42. The summed E-state index contributed by atoms with van der Waals surface area (Å²) in [5.74, 6) is -0.794. The van der Waals surface area contributed by atoms with Gasteiger partial charge in [-0.2, -0.15) is 0 Å². The lowest BCUT2D eigenvalue weighted by molar-refractivity contribution is -0.136. The fraction of sp³-hybridized carbons (Fsp3) is 0.188. The molecular formula is C16H15ClO2S. The number of carboxylic acids is 1. The Bertz CT molecular complexity index is 608. The highest BCUT2D eigenvalue weighted by atomic mass is 35.5. The summed E-state index contributed by atoms with van der Waals surface area (Å²) in [5.41, 5.74) is 1.98. The maximum Gasteiger partial charge on any atom is 0.307 e. The van der Waals surface area contributed by atoms with Crippen LogP contribution >= 0.6 is 23.4 Å². The third-order valence-electron chi connectivity index (χ3n) is 2.95. The van der Waals surface area contributed by atoms with Gasteiger partial charge in [-0.1, -0.05) is 36.4 Å². The third-order valence-corrected chi connectivity index (χ3v) is 4.20. The number of hydrogen-bond acceptors (Lipinski definition) is 2. The number of carbonyl (C=O) groups is 1. The maximum atomic E-state index is 10.8. The highest BCUT2D eigenvalue weighted by Gasteiger charge is 2.07. The molecule has 0 unspecified atom stereocenters. The van der Waals surface area contributed by atoms with Gasteiger partial charge in [0.1, 0.15) is 0 Å². The van der Waals surface area contributed by atoms with Crippen LogP contribution in [0.3, 0.4) is 0 Å². The molecule has 2 nitrogen and oxygen atoms in total. The lowest BCUT2D eigenvalue weighted by Gasteiger charge is -2.09. The van der Waals surface area contributed by atoms with Crippen molar-refractivity contribution in [3.8, 4) is 0 Å². The second-order valence-electron chi connectivity index (χ2n) is 4.41. The normalized spacial score (nSPS) is 10.5. The molecule has 0 fully saturated rings. The molecule has 0 atom stereocenters. The van der Waals surface area contributed by atoms with E-state index < -0.39 is 5.97 Å². The quantitative estimate of drug-likeness (QED) is 0.871. The SMILES string of the molecule is CCc1cc(Sc2ccc(Cl)cc2)ccc1CC(=O)O. The van der Waals surface area contributed by atoms with Crippen molar-refractivity contribution in [1.82, 2.24) is 0 Å². The lowest BCUT2D eigenvalue weighted by Crippen LogP contribution is -2.03. The minimum atomic E-state index is -0.794. The summed E-state index contributed by atoms with van der Waals surface area (Å²) in [5, 5.41) is 9.62. The second kappa shape index (κ2) is 6.82. The van der Waals surface area contributed by atoms with Crippen LogP contribution < -0.4 is 0 Å². The number of carboxylic acid groups (broad SMARTS) is 1. The highest BCUT2D eigenvalue weighted by Crippen LogP contribution is 2.30. The van der Waals surface area contributed by atoms with Gasteiger partial charge in [-0.05, 0) is 53.9 Å². The molecule has 0 radical (unpaired) electrons. The molecule has 0 aromatic heterocycles. The van der Waals surface area contributed by atoms with Gasteiger partial charge in [0.25, 0.3) is 0 Å². The van der Waals surface area contributed by atoms with Crippen LogP contribution in [0.25, 0.3) is 0 Å². The molecule has 0 saturated carbocycles. The second-order valence-corrected chi connectivity index (χ2v) is 5.99. The fourth-order valence-corrected chi connectivity index (χ4v) is 2.98. The van der Waals surface area contributed by atoms with E-state index in [9.17, 15) is 4.79 Å². The van der Waals surface area contributed by atoms with Crippen LogP contribution in [-0.4, -0.2) is 11.1 Å². The molecule has 104 valence electrons. The lowest BCUT2D eigenvalue weighted by atomic mass is 10.0. The fourth-order valence-electron chi connectivity index (χ4n) is 1.97. The van der Waals surface area contributed by atoms with E-state index in [1.165, 1.54) is 0 Å². The third kappa shape index (κ3) is 4.02. The first-order valence-electron chi connectivity index (χ1n) is 6.35. The van der Waals surface area contributed by atoms with E-state index in [2.05, 4.69) is 6.07 Å². The van der Waals surface area contributed by atoms with Crippen molar-refractivity contribution in [1.29, 1.82) is 0 Å². The standard InChI is InChI=1S/C16H15ClO2S/c1-2-11-9-15(6-3-12(11)10-16(18)19)20-14-7-4-13(17)5-8-14/h3-9H,2,10H2,1H3,(H,18,19). The predicted octanol–water partition coefficient (Wildman–Crippen LogP) is 4.68. The van der Waals surface area contributed by atoms with Crippen molar-refractivity contribution in [2.45, 2.75) is 29.6 Å². The van der Waals surface area contributed by atoms with Crippen molar-refractivity contribution >= 4 is 29.3 Å². The van der Waals surface area contributed by atoms with Crippen molar-refractivity contribution < 1.29 is 9.90 Å². The molecule has 0 heterocycles. The molecule has 20 heavy (non-hydrogen) atoms. The average molecular weight is 307 g/mol. The van der Waals surface area contributed by atoms with Crippen molar-refractivity contribution in [3.63, 3.8) is 0 Å². The largest absolute Gasteiger partial charge is 0.481 e. The van der Waals surface area contributed by atoms with Crippen molar-refractivity contribution in [2.75, 3.05) is 0 Å². The molecule has 0 aliphatic heterocycles. The van der Waals surface area contributed by atoms with Crippen LogP contribution in [0.15, 0.2) is 52.3 Å². The summed E-state index contributed by atoms with van der Waals surface area (Å²) >= 11 is 7.51. The van der Waals surface area contributed by atoms with E-state index in [1.54, 1.807) is 11.8 Å². The van der Waals surface area contributed by atoms with Crippen molar-refractivity contribution in [3.05, 3.63) is 58.6 Å². The Morgan fingerprint density at radius 2 is 1.75 bits per heavy atom. The van der Waals surface area contributed by atoms with Crippen LogP contribution in [0.4, 0.5) is 0 Å². The summed E-state index contributed by atoms with van der Waals surface area (Å²) in [6.07, 6.45) is 0.909. The van der Waals surface area contributed by atoms with Crippen molar-refractivity contribution in [2.24, 2.45) is 0 Å². The molecule has 0 spiro atoms. The number of rotatable bonds is 5. The van der Waals surface area contributed by atoms with E-state index in [1.807, 2.05) is 43.3 Å². The molecule has 0 bridgehead atoms. The van der Waals surface area contributed by atoms with Crippen LogP contribution in [0, 0.1) is 0 Å². The van der Waals surface area contributed by atoms with Gasteiger partial charge >= 0.3 is 5.97 Å². The minimum Gasteiger partial charge on any atom is -0.481 e. The summed E-state index contributed by atoms with van der Waals surface area (Å²) in [7, 11) is 0. The smallest absolute Gasteiger partial charge is 0.307 e.